The van der Waals surface area contributed by atoms with Crippen molar-refractivity contribution >= 4 is 11.3 Å². The maximum Gasteiger partial charge on any atom is 0.107 e. The van der Waals surface area contributed by atoms with Crippen LogP contribution < -0.4 is 5.32 Å². The predicted molar refractivity (Wildman–Crippen MR) is 109 cm³/mol. The molecule has 1 aromatic carbocycles. The number of nitrogens with one attached hydrogen (secondary N) is 1. The molecule has 0 amide bonds. The summed E-state index contributed by atoms with van der Waals surface area (Å²) in [6.45, 7) is 6.69. The number of rotatable bonds is 6. The minimum atomic E-state index is 0.606. The second kappa shape index (κ2) is 8.16. The van der Waals surface area contributed by atoms with E-state index in [0.717, 1.165) is 17.9 Å². The molecule has 0 atom stereocenters. The molecule has 5 heteroatoms. The Hall–Kier alpha value is -1.95. The van der Waals surface area contributed by atoms with Gasteiger partial charge in [0.1, 0.15) is 5.69 Å². The SMILES string of the molecule is CCN1CCC(NCc2cn(-c3ccccc3)nc2-c2cccs2)CC1. The molecule has 1 fully saturated rings. The molecule has 3 aromatic rings. The number of likely N-dealkylation sites (tertiary alicyclic amines) is 1. The summed E-state index contributed by atoms with van der Waals surface area (Å²) in [4.78, 5) is 3.76. The van der Waals surface area contributed by atoms with E-state index in [2.05, 4.69) is 65.1 Å². The van der Waals surface area contributed by atoms with Crippen LogP contribution in [0.1, 0.15) is 25.3 Å². The molecule has 1 aliphatic heterocycles. The highest BCUT2D eigenvalue weighted by Gasteiger charge is 2.19. The average Bonchev–Trinajstić information content (AvgIpc) is 3.37. The normalized spacial score (nSPS) is 16.2. The van der Waals surface area contributed by atoms with Gasteiger partial charge in [-0.05, 0) is 56.1 Å². The lowest BCUT2D eigenvalue weighted by Gasteiger charge is -2.31. The van der Waals surface area contributed by atoms with Crippen molar-refractivity contribution in [2.45, 2.75) is 32.4 Å². The van der Waals surface area contributed by atoms with E-state index in [0.29, 0.717) is 6.04 Å². The molecule has 0 saturated carbocycles. The molecule has 0 aliphatic carbocycles. The molecule has 1 saturated heterocycles. The average molecular weight is 367 g/mol. The van der Waals surface area contributed by atoms with E-state index < -0.39 is 0 Å². The lowest BCUT2D eigenvalue weighted by atomic mass is 10.0. The van der Waals surface area contributed by atoms with E-state index in [1.165, 1.54) is 42.9 Å². The maximum absolute atomic E-state index is 4.89. The van der Waals surface area contributed by atoms with Crippen LogP contribution in [-0.2, 0) is 6.54 Å². The number of hydrogen-bond donors (Lipinski definition) is 1. The van der Waals surface area contributed by atoms with Crippen LogP contribution in [0.2, 0.25) is 0 Å². The fraction of sp³-hybridized carbons (Fsp3) is 0.381. The van der Waals surface area contributed by atoms with Gasteiger partial charge in [0.2, 0.25) is 0 Å². The second-order valence-electron chi connectivity index (χ2n) is 6.85. The Labute approximate surface area is 159 Å². The summed E-state index contributed by atoms with van der Waals surface area (Å²) in [5, 5.41) is 10.8. The van der Waals surface area contributed by atoms with Gasteiger partial charge in [-0.15, -0.1) is 11.3 Å². The Balaban J connectivity index is 1.52. The van der Waals surface area contributed by atoms with Gasteiger partial charge in [-0.1, -0.05) is 31.2 Å². The summed E-state index contributed by atoms with van der Waals surface area (Å²) in [6.07, 6.45) is 4.64. The highest BCUT2D eigenvalue weighted by atomic mass is 32.1. The zero-order valence-electron chi connectivity index (χ0n) is 15.3. The molecule has 1 aliphatic rings. The highest BCUT2D eigenvalue weighted by molar-refractivity contribution is 7.13. The Morgan fingerprint density at radius 1 is 1.12 bits per heavy atom. The molecule has 0 spiro atoms. The van der Waals surface area contributed by atoms with Gasteiger partial charge in [0.25, 0.3) is 0 Å². The molecule has 0 unspecified atom stereocenters. The fourth-order valence-electron chi connectivity index (χ4n) is 3.58. The number of piperidine rings is 1. The van der Waals surface area contributed by atoms with Gasteiger partial charge in [0.15, 0.2) is 0 Å². The van der Waals surface area contributed by atoms with Crippen LogP contribution in [0.15, 0.2) is 54.0 Å². The third kappa shape index (κ3) is 3.90. The van der Waals surface area contributed by atoms with E-state index in [1.54, 1.807) is 11.3 Å². The van der Waals surface area contributed by atoms with Gasteiger partial charge >= 0.3 is 0 Å². The number of para-hydroxylation sites is 1. The molecule has 3 heterocycles. The van der Waals surface area contributed by atoms with Crippen molar-refractivity contribution in [3.05, 3.63) is 59.6 Å². The number of aromatic nitrogens is 2. The third-order valence-electron chi connectivity index (χ3n) is 5.18. The minimum absolute atomic E-state index is 0.606. The smallest absolute Gasteiger partial charge is 0.107 e. The molecule has 4 nitrogen and oxygen atoms in total. The van der Waals surface area contributed by atoms with E-state index in [9.17, 15) is 0 Å². The van der Waals surface area contributed by atoms with Crippen LogP contribution in [-0.4, -0.2) is 40.4 Å². The third-order valence-corrected chi connectivity index (χ3v) is 6.06. The second-order valence-corrected chi connectivity index (χ2v) is 7.80. The summed E-state index contributed by atoms with van der Waals surface area (Å²) in [7, 11) is 0. The van der Waals surface area contributed by atoms with Gasteiger partial charge in [-0.25, -0.2) is 4.68 Å². The molecule has 26 heavy (non-hydrogen) atoms. The monoisotopic (exact) mass is 366 g/mol. The van der Waals surface area contributed by atoms with Crippen LogP contribution in [0.5, 0.6) is 0 Å². The first-order valence-electron chi connectivity index (χ1n) is 9.47. The molecule has 0 radical (unpaired) electrons. The van der Waals surface area contributed by atoms with Gasteiger partial charge < -0.3 is 10.2 Å². The van der Waals surface area contributed by atoms with Gasteiger partial charge in [-0.2, -0.15) is 5.10 Å². The predicted octanol–water partition coefficient (Wildman–Crippen LogP) is 4.17. The van der Waals surface area contributed by atoms with Crippen molar-refractivity contribution in [3.63, 3.8) is 0 Å². The quantitative estimate of drug-likeness (QED) is 0.711. The largest absolute Gasteiger partial charge is 0.310 e. The van der Waals surface area contributed by atoms with Crippen LogP contribution in [0.25, 0.3) is 16.3 Å². The molecule has 1 N–H and O–H groups in total. The maximum atomic E-state index is 4.89. The zero-order chi connectivity index (χ0) is 17.8. The summed E-state index contributed by atoms with van der Waals surface area (Å²) < 4.78 is 2.01. The summed E-state index contributed by atoms with van der Waals surface area (Å²) in [5.74, 6) is 0. The Morgan fingerprint density at radius 3 is 2.62 bits per heavy atom. The van der Waals surface area contributed by atoms with Crippen molar-refractivity contribution < 1.29 is 0 Å². The van der Waals surface area contributed by atoms with Gasteiger partial charge in [0.05, 0.1) is 10.6 Å². The van der Waals surface area contributed by atoms with Gasteiger partial charge in [0, 0.05) is 24.3 Å². The number of nitrogens with zero attached hydrogens (tertiary/aromatic N) is 3. The van der Waals surface area contributed by atoms with Crippen LogP contribution in [0, 0.1) is 0 Å². The lowest BCUT2D eigenvalue weighted by Crippen LogP contribution is -2.42. The Morgan fingerprint density at radius 2 is 1.92 bits per heavy atom. The minimum Gasteiger partial charge on any atom is -0.310 e. The Kier molecular flexibility index (Phi) is 5.48. The molecule has 0 bridgehead atoms. The van der Waals surface area contributed by atoms with Crippen molar-refractivity contribution in [2.75, 3.05) is 19.6 Å². The van der Waals surface area contributed by atoms with Crippen LogP contribution in [0.4, 0.5) is 0 Å². The number of thiophene rings is 1. The Bertz CT molecular complexity index is 802. The van der Waals surface area contributed by atoms with Crippen molar-refractivity contribution in [1.29, 1.82) is 0 Å². The van der Waals surface area contributed by atoms with Crippen molar-refractivity contribution in [2.24, 2.45) is 0 Å². The summed E-state index contributed by atoms with van der Waals surface area (Å²) in [5.41, 5.74) is 3.48. The topological polar surface area (TPSA) is 33.1 Å². The molecular formula is C21H26N4S. The van der Waals surface area contributed by atoms with E-state index in [-0.39, 0.29) is 0 Å². The summed E-state index contributed by atoms with van der Waals surface area (Å²) >= 11 is 1.75. The standard InChI is InChI=1S/C21H26N4S/c1-2-24-12-10-18(11-13-24)22-15-17-16-25(19-7-4-3-5-8-19)23-21(17)20-9-6-14-26-20/h3-9,14,16,18,22H,2,10-13,15H2,1H3. The van der Waals surface area contributed by atoms with Crippen molar-refractivity contribution in [3.8, 4) is 16.3 Å². The first kappa shape index (κ1) is 17.5. The van der Waals surface area contributed by atoms with Crippen LogP contribution in [0.3, 0.4) is 0 Å². The molecule has 2 aromatic heterocycles. The first-order chi connectivity index (χ1) is 12.8. The molecule has 136 valence electrons. The van der Waals surface area contributed by atoms with E-state index in [4.69, 9.17) is 5.10 Å². The van der Waals surface area contributed by atoms with Crippen LogP contribution >= 0.6 is 11.3 Å². The van der Waals surface area contributed by atoms with E-state index in [1.807, 2.05) is 10.7 Å². The summed E-state index contributed by atoms with van der Waals surface area (Å²) in [6, 6.07) is 15.2. The molecular weight excluding hydrogens is 340 g/mol. The lowest BCUT2D eigenvalue weighted by molar-refractivity contribution is 0.206. The highest BCUT2D eigenvalue weighted by Crippen LogP contribution is 2.28. The molecule has 4 rings (SSSR count). The number of hydrogen-bond acceptors (Lipinski definition) is 4. The fourth-order valence-corrected chi connectivity index (χ4v) is 4.32. The van der Waals surface area contributed by atoms with Gasteiger partial charge in [-0.3, -0.25) is 0 Å². The first-order valence-corrected chi connectivity index (χ1v) is 10.3. The number of benzene rings is 1. The van der Waals surface area contributed by atoms with E-state index >= 15 is 0 Å². The zero-order valence-corrected chi connectivity index (χ0v) is 16.1. The van der Waals surface area contributed by atoms with Crippen molar-refractivity contribution in [1.82, 2.24) is 20.0 Å².